The van der Waals surface area contributed by atoms with Crippen LogP contribution in [0.25, 0.3) is 11.1 Å². The van der Waals surface area contributed by atoms with Crippen LogP contribution >= 0.6 is 11.8 Å². The molecule has 1 aliphatic heterocycles. The zero-order chi connectivity index (χ0) is 14.5. The molecular weight excluding hydrogens is 282 g/mol. The Bertz CT molecular complexity index is 578. The van der Waals surface area contributed by atoms with Gasteiger partial charge in [0.2, 0.25) is 0 Å². The summed E-state index contributed by atoms with van der Waals surface area (Å²) in [6.07, 6.45) is 1.95. The van der Waals surface area contributed by atoms with Gasteiger partial charge in [0.15, 0.2) is 0 Å². The third-order valence-corrected chi connectivity index (χ3v) is 4.62. The lowest BCUT2D eigenvalue weighted by molar-refractivity contribution is 0.0410. The van der Waals surface area contributed by atoms with Gasteiger partial charge in [-0.2, -0.15) is 5.10 Å². The molecule has 0 unspecified atom stereocenters. The molecule has 1 aliphatic rings. The van der Waals surface area contributed by atoms with Gasteiger partial charge in [-0.3, -0.25) is 10.00 Å². The van der Waals surface area contributed by atoms with Crippen molar-refractivity contribution in [2.45, 2.75) is 11.8 Å². The van der Waals surface area contributed by atoms with Crippen molar-refractivity contribution >= 4 is 11.8 Å². The van der Waals surface area contributed by atoms with Gasteiger partial charge in [0.1, 0.15) is 0 Å². The Kier molecular flexibility index (Phi) is 4.95. The summed E-state index contributed by atoms with van der Waals surface area (Å²) in [4.78, 5) is 3.65. The molecule has 1 N–H and O–H groups in total. The Hall–Kier alpha value is -1.30. The summed E-state index contributed by atoms with van der Waals surface area (Å²) in [6, 6.07) is 9.60. The minimum atomic E-state index is 0.867. The largest absolute Gasteiger partial charge is 0.379 e. The van der Waals surface area contributed by atoms with Crippen LogP contribution in [0, 0.1) is 13.0 Å². The highest BCUT2D eigenvalue weighted by atomic mass is 32.2. The monoisotopic (exact) mass is 302 g/mol. The third kappa shape index (κ3) is 3.87. The standard InChI is InChI=1S/C16H20N3OS/c1-13-16(12-17-18-13)14-3-2-4-15(11-14)21-10-7-19-5-8-20-9-6-19/h2-3,11-12H,5-10H2,1H3,(H,17,18). The number of benzene rings is 1. The maximum absolute atomic E-state index is 5.37. The molecule has 3 rings (SSSR count). The van der Waals surface area contributed by atoms with E-state index in [4.69, 9.17) is 4.74 Å². The molecule has 0 spiro atoms. The van der Waals surface area contributed by atoms with E-state index in [-0.39, 0.29) is 0 Å². The van der Waals surface area contributed by atoms with Crippen LogP contribution in [0.15, 0.2) is 29.3 Å². The first-order valence-electron chi connectivity index (χ1n) is 7.28. The molecule has 1 saturated heterocycles. The minimum Gasteiger partial charge on any atom is -0.379 e. The van der Waals surface area contributed by atoms with Crippen LogP contribution in [0.5, 0.6) is 0 Å². The number of aryl methyl sites for hydroxylation is 1. The van der Waals surface area contributed by atoms with Crippen molar-refractivity contribution in [3.8, 4) is 11.1 Å². The number of morpholine rings is 1. The van der Waals surface area contributed by atoms with Gasteiger partial charge in [-0.25, -0.2) is 0 Å². The second-order valence-corrected chi connectivity index (χ2v) is 6.27. The zero-order valence-electron chi connectivity index (χ0n) is 12.3. The molecule has 1 aromatic carbocycles. The fourth-order valence-electron chi connectivity index (χ4n) is 2.46. The first-order chi connectivity index (χ1) is 10.3. The molecule has 5 heteroatoms. The SMILES string of the molecule is Cc1n[nH]cc1-c1cc[c]c(SCCN2CCOCC2)c1. The number of ether oxygens (including phenoxy) is 1. The number of hydrogen-bond acceptors (Lipinski definition) is 4. The van der Waals surface area contributed by atoms with E-state index in [1.165, 1.54) is 16.0 Å². The van der Waals surface area contributed by atoms with Gasteiger partial charge >= 0.3 is 0 Å². The van der Waals surface area contributed by atoms with Gasteiger partial charge in [-0.15, -0.1) is 11.8 Å². The molecule has 0 amide bonds. The number of nitrogens with zero attached hydrogens (tertiary/aromatic N) is 2. The second-order valence-electron chi connectivity index (χ2n) is 5.13. The van der Waals surface area contributed by atoms with Crippen LogP contribution in [-0.4, -0.2) is 53.7 Å². The highest BCUT2D eigenvalue weighted by Crippen LogP contribution is 2.26. The van der Waals surface area contributed by atoms with Crippen molar-refractivity contribution in [1.82, 2.24) is 15.1 Å². The number of aromatic amines is 1. The number of rotatable bonds is 5. The summed E-state index contributed by atoms with van der Waals surface area (Å²) >= 11 is 1.86. The Morgan fingerprint density at radius 2 is 2.29 bits per heavy atom. The van der Waals surface area contributed by atoms with Crippen LogP contribution in [0.3, 0.4) is 0 Å². The van der Waals surface area contributed by atoms with Crippen LogP contribution in [0.2, 0.25) is 0 Å². The summed E-state index contributed by atoms with van der Waals surface area (Å²) in [6.45, 7) is 6.97. The quantitative estimate of drug-likeness (QED) is 0.862. The van der Waals surface area contributed by atoms with Crippen molar-refractivity contribution in [3.05, 3.63) is 36.2 Å². The van der Waals surface area contributed by atoms with Crippen molar-refractivity contribution in [1.29, 1.82) is 0 Å². The van der Waals surface area contributed by atoms with Gasteiger partial charge < -0.3 is 4.74 Å². The second kappa shape index (κ2) is 7.11. The number of hydrogen-bond donors (Lipinski definition) is 1. The van der Waals surface area contributed by atoms with E-state index >= 15 is 0 Å². The molecule has 2 aromatic rings. The first-order valence-corrected chi connectivity index (χ1v) is 8.27. The molecule has 1 aromatic heterocycles. The van der Waals surface area contributed by atoms with E-state index in [1.54, 1.807) is 0 Å². The van der Waals surface area contributed by atoms with Crippen molar-refractivity contribution in [2.75, 3.05) is 38.6 Å². The maximum Gasteiger partial charge on any atom is 0.0669 e. The normalized spacial score (nSPS) is 16.2. The maximum atomic E-state index is 5.37. The summed E-state index contributed by atoms with van der Waals surface area (Å²) in [5, 5.41) is 7.10. The average Bonchev–Trinajstić information content (AvgIpc) is 2.95. The van der Waals surface area contributed by atoms with E-state index in [1.807, 2.05) is 30.9 Å². The Morgan fingerprint density at radius 3 is 3.05 bits per heavy atom. The molecule has 0 saturated carbocycles. The lowest BCUT2D eigenvalue weighted by atomic mass is 10.1. The molecule has 1 radical (unpaired) electrons. The number of aromatic nitrogens is 2. The molecule has 0 bridgehead atoms. The molecule has 111 valence electrons. The topological polar surface area (TPSA) is 41.2 Å². The van der Waals surface area contributed by atoms with E-state index < -0.39 is 0 Å². The highest BCUT2D eigenvalue weighted by molar-refractivity contribution is 7.99. The van der Waals surface area contributed by atoms with Crippen molar-refractivity contribution < 1.29 is 4.74 Å². The summed E-state index contributed by atoms with van der Waals surface area (Å²) in [7, 11) is 0. The van der Waals surface area contributed by atoms with Gasteiger partial charge in [0, 0.05) is 42.0 Å². The van der Waals surface area contributed by atoms with Crippen molar-refractivity contribution in [3.63, 3.8) is 0 Å². The fourth-order valence-corrected chi connectivity index (χ4v) is 3.39. The fraction of sp³-hybridized carbons (Fsp3) is 0.438. The molecule has 0 atom stereocenters. The van der Waals surface area contributed by atoms with Gasteiger partial charge in [0.05, 0.1) is 18.9 Å². The van der Waals surface area contributed by atoms with Gasteiger partial charge in [-0.05, 0) is 24.6 Å². The predicted octanol–water partition coefficient (Wildman–Crippen LogP) is 2.61. The summed E-state index contributed by atoms with van der Waals surface area (Å²) < 4.78 is 5.37. The molecular formula is C16H20N3OS. The van der Waals surface area contributed by atoms with E-state index in [2.05, 4.69) is 33.3 Å². The predicted molar refractivity (Wildman–Crippen MR) is 85.6 cm³/mol. The van der Waals surface area contributed by atoms with Gasteiger partial charge in [-0.1, -0.05) is 12.1 Å². The van der Waals surface area contributed by atoms with Crippen LogP contribution in [0.1, 0.15) is 5.69 Å². The average molecular weight is 302 g/mol. The lowest BCUT2D eigenvalue weighted by Gasteiger charge is -2.26. The third-order valence-electron chi connectivity index (χ3n) is 3.69. The summed E-state index contributed by atoms with van der Waals surface area (Å²) in [5.74, 6) is 1.09. The summed E-state index contributed by atoms with van der Waals surface area (Å²) in [5.41, 5.74) is 3.40. The Labute approximate surface area is 129 Å². The molecule has 1 fully saturated rings. The molecule has 21 heavy (non-hydrogen) atoms. The van der Waals surface area contributed by atoms with E-state index in [9.17, 15) is 0 Å². The van der Waals surface area contributed by atoms with E-state index in [0.29, 0.717) is 0 Å². The van der Waals surface area contributed by atoms with Crippen LogP contribution in [0.4, 0.5) is 0 Å². The lowest BCUT2D eigenvalue weighted by Crippen LogP contribution is -2.37. The van der Waals surface area contributed by atoms with Gasteiger partial charge in [0.25, 0.3) is 0 Å². The van der Waals surface area contributed by atoms with Crippen LogP contribution < -0.4 is 0 Å². The van der Waals surface area contributed by atoms with Crippen LogP contribution in [-0.2, 0) is 4.74 Å². The number of thioether (sulfide) groups is 1. The Morgan fingerprint density at radius 1 is 1.43 bits per heavy atom. The zero-order valence-corrected chi connectivity index (χ0v) is 13.1. The molecule has 0 aliphatic carbocycles. The molecule has 2 heterocycles. The minimum absolute atomic E-state index is 0.867. The number of H-pyrrole nitrogens is 1. The smallest absolute Gasteiger partial charge is 0.0669 e. The highest BCUT2D eigenvalue weighted by Gasteiger charge is 2.10. The number of nitrogens with one attached hydrogen (secondary N) is 1. The first kappa shape index (κ1) is 14.6. The Balaban J connectivity index is 1.57. The molecule has 4 nitrogen and oxygen atoms in total. The van der Waals surface area contributed by atoms with Crippen molar-refractivity contribution in [2.24, 2.45) is 0 Å². The van der Waals surface area contributed by atoms with E-state index in [0.717, 1.165) is 44.3 Å².